The molecule has 10 heteroatoms. The molecule has 0 radical (unpaired) electrons. The van der Waals surface area contributed by atoms with Crippen molar-refractivity contribution < 1.29 is 28.5 Å². The molecule has 0 aliphatic carbocycles. The molecule has 1 fully saturated rings. The maximum atomic E-state index is 13.8. The molecule has 1 aliphatic rings. The number of carbonyl (C=O) groups is 1. The summed E-state index contributed by atoms with van der Waals surface area (Å²) >= 11 is 1.67. The molecule has 4 rings (SSSR count). The van der Waals surface area contributed by atoms with E-state index in [0.717, 1.165) is 16.9 Å². The van der Waals surface area contributed by atoms with Gasteiger partial charge in [0.05, 0.1) is 41.2 Å². The van der Waals surface area contributed by atoms with Gasteiger partial charge in [-0.25, -0.2) is 0 Å². The Hall–Kier alpha value is -3.53. The van der Waals surface area contributed by atoms with Crippen LogP contribution < -0.4 is 23.7 Å². The molecule has 0 bridgehead atoms. The molecule has 2 aromatic carbocycles. The molecule has 2 heterocycles. The molecular weight excluding hydrogens is 470 g/mol. The molecule has 1 amide bonds. The van der Waals surface area contributed by atoms with Gasteiger partial charge in [-0.2, -0.15) is 5.10 Å². The zero-order chi connectivity index (χ0) is 25.1. The van der Waals surface area contributed by atoms with Crippen molar-refractivity contribution in [2.75, 3.05) is 47.8 Å². The number of hydrogen-bond acceptors (Lipinski definition) is 8. The molecule has 0 spiro atoms. The second kappa shape index (κ2) is 10.4. The topological polar surface area (TPSA) is 84.3 Å². The first-order valence-corrected chi connectivity index (χ1v) is 12.0. The van der Waals surface area contributed by atoms with Gasteiger partial charge in [-0.15, -0.1) is 11.8 Å². The van der Waals surface area contributed by atoms with Gasteiger partial charge in [0.15, 0.2) is 11.5 Å². The van der Waals surface area contributed by atoms with Gasteiger partial charge in [0.2, 0.25) is 0 Å². The monoisotopic (exact) mass is 499 g/mol. The van der Waals surface area contributed by atoms with E-state index in [-0.39, 0.29) is 11.3 Å². The Kier molecular flexibility index (Phi) is 7.30. The molecular formula is C25H29N3O6S. The standard InChI is InChI=1S/C25H29N3O6S/c1-27-19(13-18(26-27)16-11-15(30-2)7-8-20(16)31-3)24(29)28-9-10-35-25(28)17-12-22(33-5)23(34-6)14-21(17)32-4/h7-8,11-14,25H,9-10H2,1-6H3. The third-order valence-electron chi connectivity index (χ3n) is 5.94. The van der Waals surface area contributed by atoms with Crippen LogP contribution in [0.4, 0.5) is 0 Å². The van der Waals surface area contributed by atoms with Crippen LogP contribution in [0.3, 0.4) is 0 Å². The van der Waals surface area contributed by atoms with Gasteiger partial charge in [-0.1, -0.05) is 0 Å². The van der Waals surface area contributed by atoms with Gasteiger partial charge in [-0.3, -0.25) is 9.48 Å². The van der Waals surface area contributed by atoms with E-state index in [1.807, 2.05) is 29.2 Å². The zero-order valence-corrected chi connectivity index (χ0v) is 21.5. The van der Waals surface area contributed by atoms with Gasteiger partial charge in [0, 0.05) is 36.5 Å². The van der Waals surface area contributed by atoms with E-state index in [9.17, 15) is 4.79 Å². The highest BCUT2D eigenvalue weighted by Crippen LogP contribution is 2.46. The SMILES string of the molecule is COc1ccc(OC)c(-c2cc(C(=O)N3CCSC3c3cc(OC)c(OC)cc3OC)n(C)n2)c1. The lowest BCUT2D eigenvalue weighted by Crippen LogP contribution is -2.32. The number of thioether (sulfide) groups is 1. The van der Waals surface area contributed by atoms with Crippen molar-refractivity contribution >= 4 is 17.7 Å². The molecule has 1 aromatic heterocycles. The van der Waals surface area contributed by atoms with Crippen molar-refractivity contribution in [2.24, 2.45) is 7.05 Å². The Morgan fingerprint density at radius 1 is 0.886 bits per heavy atom. The molecule has 0 N–H and O–H groups in total. The predicted molar refractivity (Wildman–Crippen MR) is 134 cm³/mol. The normalized spacial score (nSPS) is 15.1. The number of ether oxygens (including phenoxy) is 5. The van der Waals surface area contributed by atoms with Crippen molar-refractivity contribution in [3.05, 3.63) is 47.7 Å². The second-order valence-corrected chi connectivity index (χ2v) is 8.96. The van der Waals surface area contributed by atoms with Crippen LogP contribution in [-0.2, 0) is 7.05 Å². The van der Waals surface area contributed by atoms with Crippen LogP contribution in [0.15, 0.2) is 36.4 Å². The van der Waals surface area contributed by atoms with Crippen LogP contribution in [0.2, 0.25) is 0 Å². The van der Waals surface area contributed by atoms with Crippen LogP contribution >= 0.6 is 11.8 Å². The molecule has 35 heavy (non-hydrogen) atoms. The fourth-order valence-corrected chi connectivity index (χ4v) is 5.41. The number of benzene rings is 2. The Morgan fingerprint density at radius 2 is 1.57 bits per heavy atom. The van der Waals surface area contributed by atoms with Crippen molar-refractivity contribution in [1.29, 1.82) is 0 Å². The predicted octanol–water partition coefficient (Wildman–Crippen LogP) is 4.02. The number of rotatable bonds is 8. The fourth-order valence-electron chi connectivity index (χ4n) is 4.14. The molecule has 1 atom stereocenters. The molecule has 1 unspecified atom stereocenters. The number of carbonyl (C=O) groups excluding carboxylic acids is 1. The van der Waals surface area contributed by atoms with Crippen LogP contribution in [0.1, 0.15) is 21.4 Å². The Balaban J connectivity index is 1.70. The van der Waals surface area contributed by atoms with Gasteiger partial charge >= 0.3 is 0 Å². The summed E-state index contributed by atoms with van der Waals surface area (Å²) in [6.45, 7) is 0.592. The van der Waals surface area contributed by atoms with E-state index in [4.69, 9.17) is 23.7 Å². The quantitative estimate of drug-likeness (QED) is 0.460. The van der Waals surface area contributed by atoms with E-state index < -0.39 is 0 Å². The maximum Gasteiger partial charge on any atom is 0.273 e. The molecule has 0 saturated carbocycles. The van der Waals surface area contributed by atoms with Crippen LogP contribution in [-0.4, -0.2) is 68.4 Å². The molecule has 186 valence electrons. The zero-order valence-electron chi connectivity index (χ0n) is 20.7. The fraction of sp³-hybridized carbons (Fsp3) is 0.360. The third kappa shape index (κ3) is 4.58. The molecule has 1 saturated heterocycles. The van der Waals surface area contributed by atoms with Gasteiger partial charge in [-0.05, 0) is 30.3 Å². The number of nitrogens with zero attached hydrogens (tertiary/aromatic N) is 3. The number of aryl methyl sites for hydroxylation is 1. The van der Waals surface area contributed by atoms with Crippen molar-refractivity contribution in [2.45, 2.75) is 5.37 Å². The Morgan fingerprint density at radius 3 is 2.23 bits per heavy atom. The summed E-state index contributed by atoms with van der Waals surface area (Å²) in [7, 11) is 9.73. The third-order valence-corrected chi connectivity index (χ3v) is 7.18. The minimum Gasteiger partial charge on any atom is -0.497 e. The van der Waals surface area contributed by atoms with Crippen molar-refractivity contribution in [3.63, 3.8) is 0 Å². The summed E-state index contributed by atoms with van der Waals surface area (Å²) in [5.74, 6) is 3.77. The van der Waals surface area contributed by atoms with Gasteiger partial charge < -0.3 is 28.6 Å². The lowest BCUT2D eigenvalue weighted by atomic mass is 10.1. The number of hydrogen-bond donors (Lipinski definition) is 0. The van der Waals surface area contributed by atoms with Gasteiger partial charge in [0.1, 0.15) is 28.3 Å². The Bertz CT molecular complexity index is 1230. The largest absolute Gasteiger partial charge is 0.497 e. The van der Waals surface area contributed by atoms with E-state index in [0.29, 0.717) is 46.7 Å². The average Bonchev–Trinajstić information content (AvgIpc) is 3.54. The van der Waals surface area contributed by atoms with E-state index in [1.54, 1.807) is 71.2 Å². The van der Waals surface area contributed by atoms with E-state index >= 15 is 0 Å². The average molecular weight is 500 g/mol. The summed E-state index contributed by atoms with van der Waals surface area (Å²) in [5, 5.41) is 4.36. The van der Waals surface area contributed by atoms with E-state index in [1.165, 1.54) is 0 Å². The van der Waals surface area contributed by atoms with Gasteiger partial charge in [0.25, 0.3) is 5.91 Å². The summed E-state index contributed by atoms with van der Waals surface area (Å²) in [6.07, 6.45) is 0. The van der Waals surface area contributed by atoms with Crippen molar-refractivity contribution in [3.8, 4) is 40.0 Å². The second-order valence-electron chi connectivity index (χ2n) is 7.78. The highest BCUT2D eigenvalue weighted by Gasteiger charge is 2.35. The van der Waals surface area contributed by atoms with Crippen molar-refractivity contribution in [1.82, 2.24) is 14.7 Å². The summed E-state index contributed by atoms with van der Waals surface area (Å²) in [6, 6.07) is 10.9. The highest BCUT2D eigenvalue weighted by molar-refractivity contribution is 7.99. The molecule has 9 nitrogen and oxygen atoms in total. The summed E-state index contributed by atoms with van der Waals surface area (Å²) in [5.41, 5.74) is 2.68. The first kappa shape index (κ1) is 24.6. The highest BCUT2D eigenvalue weighted by atomic mass is 32.2. The smallest absolute Gasteiger partial charge is 0.273 e. The minimum absolute atomic E-state index is 0.125. The first-order valence-electron chi connectivity index (χ1n) is 10.9. The number of amides is 1. The minimum atomic E-state index is -0.248. The summed E-state index contributed by atoms with van der Waals surface area (Å²) < 4.78 is 29.0. The Labute approximate surface area is 208 Å². The number of methoxy groups -OCH3 is 5. The van der Waals surface area contributed by atoms with Crippen LogP contribution in [0.25, 0.3) is 11.3 Å². The molecule has 1 aliphatic heterocycles. The lowest BCUT2D eigenvalue weighted by Gasteiger charge is -2.26. The number of aromatic nitrogens is 2. The van der Waals surface area contributed by atoms with E-state index in [2.05, 4.69) is 5.10 Å². The van der Waals surface area contributed by atoms with Crippen LogP contribution in [0, 0.1) is 0 Å². The van der Waals surface area contributed by atoms with Crippen LogP contribution in [0.5, 0.6) is 28.7 Å². The first-order chi connectivity index (χ1) is 16.9. The maximum absolute atomic E-state index is 13.8. The molecule has 3 aromatic rings. The lowest BCUT2D eigenvalue weighted by molar-refractivity contribution is 0.0748. The summed E-state index contributed by atoms with van der Waals surface area (Å²) in [4.78, 5) is 15.6.